The van der Waals surface area contributed by atoms with E-state index in [2.05, 4.69) is 26.2 Å². The second kappa shape index (κ2) is 7.83. The van der Waals surface area contributed by atoms with Crippen LogP contribution in [0.3, 0.4) is 0 Å². The summed E-state index contributed by atoms with van der Waals surface area (Å²) in [7, 11) is 0. The molecule has 29 heavy (non-hydrogen) atoms. The molecule has 1 fully saturated rings. The van der Waals surface area contributed by atoms with Crippen LogP contribution in [0.4, 0.5) is 11.4 Å². The summed E-state index contributed by atoms with van der Waals surface area (Å²) in [6, 6.07) is 15.1. The van der Waals surface area contributed by atoms with Crippen LogP contribution in [0.1, 0.15) is 17.8 Å². The number of aromatic nitrogens is 2. The Kier molecular flexibility index (Phi) is 5.24. The fourth-order valence-electron chi connectivity index (χ4n) is 3.46. The number of hydrogen-bond acceptors (Lipinski definition) is 3. The minimum atomic E-state index is -0.371. The predicted octanol–water partition coefficient (Wildman–Crippen LogP) is 4.24. The molecular weight excluding hydrogens is 432 g/mol. The fourth-order valence-corrected chi connectivity index (χ4v) is 3.73. The number of carbonyl (C=O) groups is 2. The van der Waals surface area contributed by atoms with E-state index in [0.29, 0.717) is 12.2 Å². The molecule has 7 heteroatoms. The lowest BCUT2D eigenvalue weighted by Crippen LogP contribution is -2.28. The van der Waals surface area contributed by atoms with Gasteiger partial charge < -0.3 is 14.8 Å². The van der Waals surface area contributed by atoms with Crippen molar-refractivity contribution in [1.82, 2.24) is 9.55 Å². The van der Waals surface area contributed by atoms with Crippen LogP contribution < -0.4 is 10.2 Å². The van der Waals surface area contributed by atoms with Gasteiger partial charge in [-0.1, -0.05) is 15.9 Å². The average molecular weight is 453 g/mol. The van der Waals surface area contributed by atoms with Crippen molar-refractivity contribution in [2.75, 3.05) is 16.8 Å². The third-order valence-electron chi connectivity index (χ3n) is 5.30. The quantitative estimate of drug-likeness (QED) is 0.643. The van der Waals surface area contributed by atoms with Gasteiger partial charge in [-0.05, 0) is 62.4 Å². The highest BCUT2D eigenvalue weighted by Gasteiger charge is 2.35. The number of aryl methyl sites for hydroxylation is 1. The molecule has 0 radical (unpaired) electrons. The lowest BCUT2D eigenvalue weighted by Gasteiger charge is -2.17. The molecule has 148 valence electrons. The zero-order chi connectivity index (χ0) is 20.5. The summed E-state index contributed by atoms with van der Waals surface area (Å²) in [6.45, 7) is 4.38. The zero-order valence-corrected chi connectivity index (χ0v) is 17.8. The minimum absolute atomic E-state index is 0.0335. The van der Waals surface area contributed by atoms with E-state index in [1.165, 1.54) is 0 Å². The Bertz CT molecular complexity index is 1060. The van der Waals surface area contributed by atoms with Gasteiger partial charge in [-0.15, -0.1) is 0 Å². The van der Waals surface area contributed by atoms with Crippen molar-refractivity contribution in [1.29, 1.82) is 0 Å². The molecular formula is C22H21BrN4O2. The van der Waals surface area contributed by atoms with E-state index < -0.39 is 0 Å². The fraction of sp³-hybridized carbons (Fsp3) is 0.227. The van der Waals surface area contributed by atoms with Crippen molar-refractivity contribution < 1.29 is 9.59 Å². The van der Waals surface area contributed by atoms with Gasteiger partial charge in [0.25, 0.3) is 0 Å². The van der Waals surface area contributed by atoms with Gasteiger partial charge in [0.1, 0.15) is 0 Å². The highest BCUT2D eigenvalue weighted by atomic mass is 79.9. The zero-order valence-electron chi connectivity index (χ0n) is 16.2. The molecule has 2 heterocycles. The Morgan fingerprint density at radius 1 is 1.07 bits per heavy atom. The number of amides is 2. The number of hydrogen-bond donors (Lipinski definition) is 1. The summed E-state index contributed by atoms with van der Waals surface area (Å²) >= 11 is 3.39. The Morgan fingerprint density at radius 3 is 2.34 bits per heavy atom. The number of imidazole rings is 1. The smallest absolute Gasteiger partial charge is 0.229 e. The van der Waals surface area contributed by atoms with E-state index in [1.807, 2.05) is 66.9 Å². The van der Waals surface area contributed by atoms with E-state index in [1.54, 1.807) is 11.2 Å². The van der Waals surface area contributed by atoms with E-state index in [9.17, 15) is 9.59 Å². The normalized spacial score (nSPS) is 16.3. The van der Waals surface area contributed by atoms with Gasteiger partial charge in [0.2, 0.25) is 11.8 Å². The van der Waals surface area contributed by atoms with Crippen LogP contribution in [-0.4, -0.2) is 27.9 Å². The maximum atomic E-state index is 12.7. The average Bonchev–Trinajstić information content (AvgIpc) is 3.26. The summed E-state index contributed by atoms with van der Waals surface area (Å²) < 4.78 is 2.96. The highest BCUT2D eigenvalue weighted by molar-refractivity contribution is 9.10. The van der Waals surface area contributed by atoms with Crippen molar-refractivity contribution in [2.24, 2.45) is 5.92 Å². The first-order valence-corrected chi connectivity index (χ1v) is 10.2. The minimum Gasteiger partial charge on any atom is -0.326 e. The molecule has 2 amide bonds. The summed E-state index contributed by atoms with van der Waals surface area (Å²) in [5.74, 6) is -0.543. The van der Waals surface area contributed by atoms with Gasteiger partial charge in [-0.3, -0.25) is 9.59 Å². The Hall–Kier alpha value is -2.93. The van der Waals surface area contributed by atoms with E-state index in [4.69, 9.17) is 0 Å². The molecule has 0 aliphatic carbocycles. The first kappa shape index (κ1) is 19.4. The van der Waals surface area contributed by atoms with Crippen LogP contribution >= 0.6 is 15.9 Å². The summed E-state index contributed by atoms with van der Waals surface area (Å²) in [4.78, 5) is 31.1. The van der Waals surface area contributed by atoms with Crippen LogP contribution in [-0.2, 0) is 9.59 Å². The number of benzene rings is 2. The van der Waals surface area contributed by atoms with Crippen LogP contribution in [0.15, 0.2) is 59.3 Å². The maximum Gasteiger partial charge on any atom is 0.229 e. The van der Waals surface area contributed by atoms with Gasteiger partial charge in [0, 0.05) is 40.2 Å². The molecule has 0 saturated carbocycles. The molecule has 6 nitrogen and oxygen atoms in total. The van der Waals surface area contributed by atoms with Crippen molar-refractivity contribution >= 4 is 39.1 Å². The van der Waals surface area contributed by atoms with Crippen molar-refractivity contribution in [3.05, 3.63) is 70.7 Å². The number of rotatable bonds is 4. The van der Waals surface area contributed by atoms with Gasteiger partial charge in [0.05, 0.1) is 17.9 Å². The third-order valence-corrected chi connectivity index (χ3v) is 5.83. The van der Waals surface area contributed by atoms with Crippen LogP contribution in [0.5, 0.6) is 0 Å². The molecule has 1 atom stereocenters. The van der Waals surface area contributed by atoms with Crippen molar-refractivity contribution in [3.8, 4) is 5.69 Å². The first-order valence-electron chi connectivity index (χ1n) is 9.40. The Morgan fingerprint density at radius 2 is 1.72 bits per heavy atom. The third kappa shape index (κ3) is 3.96. The van der Waals surface area contributed by atoms with Gasteiger partial charge in [-0.25, -0.2) is 4.98 Å². The second-order valence-corrected chi connectivity index (χ2v) is 8.12. The largest absolute Gasteiger partial charge is 0.326 e. The lowest BCUT2D eigenvalue weighted by molar-refractivity contribution is -0.122. The SMILES string of the molecule is Cc1ncn(-c2ccc(NC(=O)C3CC(=O)N(c4ccc(Br)cc4)C3)cc2)c1C. The van der Waals surface area contributed by atoms with Crippen LogP contribution in [0, 0.1) is 19.8 Å². The highest BCUT2D eigenvalue weighted by Crippen LogP contribution is 2.27. The number of carbonyl (C=O) groups excluding carboxylic acids is 2. The van der Waals surface area contributed by atoms with E-state index >= 15 is 0 Å². The van der Waals surface area contributed by atoms with E-state index in [-0.39, 0.29) is 24.2 Å². The molecule has 1 unspecified atom stereocenters. The molecule has 1 aliphatic rings. The van der Waals surface area contributed by atoms with Crippen LogP contribution in [0.2, 0.25) is 0 Å². The molecule has 2 aromatic carbocycles. The maximum absolute atomic E-state index is 12.7. The molecule has 1 N–H and O–H groups in total. The molecule has 3 aromatic rings. The monoisotopic (exact) mass is 452 g/mol. The number of nitrogens with one attached hydrogen (secondary N) is 1. The van der Waals surface area contributed by atoms with E-state index in [0.717, 1.165) is 27.2 Å². The summed E-state index contributed by atoms with van der Waals surface area (Å²) in [6.07, 6.45) is 2.01. The van der Waals surface area contributed by atoms with Gasteiger partial charge in [0.15, 0.2) is 0 Å². The standard InChI is InChI=1S/C22H21BrN4O2/c1-14-15(2)27(13-24-14)20-9-5-18(6-10-20)25-22(29)16-11-21(28)26(12-16)19-7-3-17(23)4-8-19/h3-10,13,16H,11-12H2,1-2H3,(H,25,29). The lowest BCUT2D eigenvalue weighted by atomic mass is 10.1. The molecule has 4 rings (SSSR count). The van der Waals surface area contributed by atoms with Crippen LogP contribution in [0.25, 0.3) is 5.69 Å². The molecule has 0 bridgehead atoms. The van der Waals surface area contributed by atoms with Gasteiger partial charge in [-0.2, -0.15) is 0 Å². The molecule has 1 saturated heterocycles. The Balaban J connectivity index is 1.42. The summed E-state index contributed by atoms with van der Waals surface area (Å²) in [5, 5.41) is 2.93. The number of anilines is 2. The second-order valence-electron chi connectivity index (χ2n) is 7.20. The topological polar surface area (TPSA) is 67.2 Å². The first-order chi connectivity index (χ1) is 13.9. The number of halogens is 1. The molecule has 1 aliphatic heterocycles. The van der Waals surface area contributed by atoms with Gasteiger partial charge >= 0.3 is 0 Å². The molecule has 1 aromatic heterocycles. The van der Waals surface area contributed by atoms with Crippen molar-refractivity contribution in [2.45, 2.75) is 20.3 Å². The predicted molar refractivity (Wildman–Crippen MR) is 116 cm³/mol. The van der Waals surface area contributed by atoms with Crippen molar-refractivity contribution in [3.63, 3.8) is 0 Å². The molecule has 0 spiro atoms. The summed E-state index contributed by atoms with van der Waals surface area (Å²) in [5.41, 5.74) is 4.58. The Labute approximate surface area is 177 Å². The number of nitrogens with zero attached hydrogens (tertiary/aromatic N) is 3.